The molecule has 0 aliphatic carbocycles. The number of benzene rings is 9. The zero-order valence-corrected chi connectivity index (χ0v) is 32.7. The predicted octanol–water partition coefficient (Wildman–Crippen LogP) is 15.1. The molecule has 9 aromatic carbocycles. The quantitative estimate of drug-likeness (QED) is 0.165. The van der Waals surface area contributed by atoms with Crippen LogP contribution in [0.4, 0.5) is 0 Å². The number of pyridine rings is 1. The number of rotatable bonds is 6. The van der Waals surface area contributed by atoms with Crippen molar-refractivity contribution in [1.82, 2.24) is 14.1 Å². The molecule has 280 valence electrons. The zero-order chi connectivity index (χ0) is 39.6. The van der Waals surface area contributed by atoms with Gasteiger partial charge in [0.2, 0.25) is 0 Å². The van der Waals surface area contributed by atoms with E-state index in [-0.39, 0.29) is 0 Å². The standard InChI is InChI=1S/C57H37N3/c1-3-15-38(16-4-1)42-21-13-22-43(35-42)51-37-44(36-50(58-51)41-18-5-2-6-19-41)39-29-31-45(32-30-39)59-53-26-11-9-24-47(53)48-33-34-55-56(57(48)59)49-25-10-12-27-54(49)60(55)52-28-14-20-40-17-7-8-23-46(40)52/h1-37H. The van der Waals surface area contributed by atoms with Crippen LogP contribution >= 0.6 is 0 Å². The third-order valence-electron chi connectivity index (χ3n) is 12.1. The number of hydrogen-bond donors (Lipinski definition) is 0. The first-order chi connectivity index (χ1) is 29.8. The topological polar surface area (TPSA) is 22.8 Å². The smallest absolute Gasteiger partial charge is 0.0715 e. The highest BCUT2D eigenvalue weighted by molar-refractivity contribution is 6.26. The third kappa shape index (κ3) is 5.48. The summed E-state index contributed by atoms with van der Waals surface area (Å²) in [4.78, 5) is 5.25. The molecule has 0 aliphatic heterocycles. The number of fused-ring (bicyclic) bond motifs is 8. The van der Waals surface area contributed by atoms with Crippen LogP contribution in [0, 0.1) is 0 Å². The number of para-hydroxylation sites is 2. The molecule has 60 heavy (non-hydrogen) atoms. The highest BCUT2D eigenvalue weighted by Gasteiger charge is 2.21. The molecule has 3 aromatic heterocycles. The molecule has 3 nitrogen and oxygen atoms in total. The normalized spacial score (nSPS) is 11.7. The van der Waals surface area contributed by atoms with Crippen molar-refractivity contribution in [2.45, 2.75) is 0 Å². The molecular formula is C57H37N3. The summed E-state index contributed by atoms with van der Waals surface area (Å²) in [5.74, 6) is 0. The monoisotopic (exact) mass is 763 g/mol. The van der Waals surface area contributed by atoms with Crippen LogP contribution in [0.1, 0.15) is 0 Å². The van der Waals surface area contributed by atoms with Crippen LogP contribution in [0.3, 0.4) is 0 Å². The Bertz CT molecular complexity index is 3570. The highest BCUT2D eigenvalue weighted by Crippen LogP contribution is 2.43. The van der Waals surface area contributed by atoms with Crippen molar-refractivity contribution in [2.75, 3.05) is 0 Å². The van der Waals surface area contributed by atoms with Crippen molar-refractivity contribution < 1.29 is 0 Å². The van der Waals surface area contributed by atoms with Crippen molar-refractivity contribution in [3.63, 3.8) is 0 Å². The molecule has 0 atom stereocenters. The van der Waals surface area contributed by atoms with Gasteiger partial charge in [-0.25, -0.2) is 4.98 Å². The van der Waals surface area contributed by atoms with Gasteiger partial charge in [-0.1, -0.05) is 170 Å². The van der Waals surface area contributed by atoms with E-state index < -0.39 is 0 Å². The van der Waals surface area contributed by atoms with Gasteiger partial charge in [-0.05, 0) is 82.2 Å². The molecule has 12 rings (SSSR count). The predicted molar refractivity (Wildman–Crippen MR) is 252 cm³/mol. The van der Waals surface area contributed by atoms with Crippen LogP contribution < -0.4 is 0 Å². The van der Waals surface area contributed by atoms with E-state index in [1.807, 2.05) is 0 Å². The Balaban J connectivity index is 1.05. The lowest BCUT2D eigenvalue weighted by Gasteiger charge is -2.13. The average Bonchev–Trinajstić information content (AvgIpc) is 3.85. The number of aromatic nitrogens is 3. The first-order valence-corrected chi connectivity index (χ1v) is 20.5. The summed E-state index contributed by atoms with van der Waals surface area (Å²) in [5.41, 5.74) is 15.8. The molecule has 0 spiro atoms. The van der Waals surface area contributed by atoms with Gasteiger partial charge < -0.3 is 9.13 Å². The third-order valence-corrected chi connectivity index (χ3v) is 12.1. The van der Waals surface area contributed by atoms with E-state index in [9.17, 15) is 0 Å². The fourth-order valence-electron chi connectivity index (χ4n) is 9.33. The van der Waals surface area contributed by atoms with E-state index in [1.165, 1.54) is 71.2 Å². The van der Waals surface area contributed by atoms with Crippen LogP contribution in [0.5, 0.6) is 0 Å². The van der Waals surface area contributed by atoms with Gasteiger partial charge >= 0.3 is 0 Å². The fourth-order valence-corrected chi connectivity index (χ4v) is 9.33. The Hall–Kier alpha value is -8.01. The molecule has 0 fully saturated rings. The van der Waals surface area contributed by atoms with E-state index in [0.29, 0.717) is 0 Å². The van der Waals surface area contributed by atoms with E-state index in [4.69, 9.17) is 4.98 Å². The molecule has 0 aliphatic rings. The Labute approximate surface area is 347 Å². The second-order valence-corrected chi connectivity index (χ2v) is 15.5. The Kier molecular flexibility index (Phi) is 7.85. The first-order valence-electron chi connectivity index (χ1n) is 20.5. The Morgan fingerprint density at radius 3 is 1.65 bits per heavy atom. The SMILES string of the molecule is c1ccc(-c2cccc(-c3cc(-c4ccc(-n5c6ccccc6c6ccc7c(c8ccccc8n7-c7cccc8ccccc78)c65)cc4)cc(-c4ccccc4)n3)c2)cc1. The molecule has 0 saturated carbocycles. The largest absolute Gasteiger partial charge is 0.309 e. The van der Waals surface area contributed by atoms with Crippen LogP contribution in [0.2, 0.25) is 0 Å². The average molecular weight is 764 g/mol. The molecule has 0 amide bonds. The maximum atomic E-state index is 5.25. The fraction of sp³-hybridized carbons (Fsp3) is 0. The maximum Gasteiger partial charge on any atom is 0.0715 e. The second kappa shape index (κ2) is 13.8. The van der Waals surface area contributed by atoms with E-state index in [0.717, 1.165) is 39.3 Å². The first kappa shape index (κ1) is 34.1. The maximum absolute atomic E-state index is 5.25. The molecule has 0 saturated heterocycles. The summed E-state index contributed by atoms with van der Waals surface area (Å²) >= 11 is 0. The molecular weight excluding hydrogens is 727 g/mol. The zero-order valence-electron chi connectivity index (χ0n) is 32.7. The molecule has 0 radical (unpaired) electrons. The molecule has 0 unspecified atom stereocenters. The lowest BCUT2D eigenvalue weighted by molar-refractivity contribution is 1.18. The number of hydrogen-bond acceptors (Lipinski definition) is 1. The second-order valence-electron chi connectivity index (χ2n) is 15.5. The summed E-state index contributed by atoms with van der Waals surface area (Å²) in [7, 11) is 0. The molecule has 0 N–H and O–H groups in total. The van der Waals surface area contributed by atoms with Gasteiger partial charge in [-0.3, -0.25) is 0 Å². The Morgan fingerprint density at radius 2 is 0.867 bits per heavy atom. The van der Waals surface area contributed by atoms with E-state index >= 15 is 0 Å². The summed E-state index contributed by atoms with van der Waals surface area (Å²) < 4.78 is 4.93. The van der Waals surface area contributed by atoms with E-state index in [2.05, 4.69) is 234 Å². The van der Waals surface area contributed by atoms with Gasteiger partial charge in [-0.15, -0.1) is 0 Å². The van der Waals surface area contributed by atoms with E-state index in [1.54, 1.807) is 0 Å². The van der Waals surface area contributed by atoms with Crippen molar-refractivity contribution in [3.8, 4) is 56.1 Å². The number of nitrogens with zero attached hydrogens (tertiary/aromatic N) is 3. The Morgan fingerprint density at radius 1 is 0.300 bits per heavy atom. The van der Waals surface area contributed by atoms with Gasteiger partial charge in [0.15, 0.2) is 0 Å². The minimum absolute atomic E-state index is 0.945. The van der Waals surface area contributed by atoms with Crippen LogP contribution in [0.15, 0.2) is 224 Å². The summed E-state index contributed by atoms with van der Waals surface area (Å²) in [6.07, 6.45) is 0. The van der Waals surface area contributed by atoms with Crippen molar-refractivity contribution >= 4 is 54.4 Å². The van der Waals surface area contributed by atoms with Crippen molar-refractivity contribution in [3.05, 3.63) is 224 Å². The summed E-state index contributed by atoms with van der Waals surface area (Å²) in [5, 5.41) is 7.43. The molecule has 0 bridgehead atoms. The van der Waals surface area contributed by atoms with Crippen molar-refractivity contribution in [2.24, 2.45) is 0 Å². The summed E-state index contributed by atoms with van der Waals surface area (Å²) in [6.45, 7) is 0. The molecule has 12 aromatic rings. The summed E-state index contributed by atoms with van der Waals surface area (Å²) in [6, 6.07) is 80.9. The van der Waals surface area contributed by atoms with Crippen molar-refractivity contribution in [1.29, 1.82) is 0 Å². The lowest BCUT2D eigenvalue weighted by Crippen LogP contribution is -1.96. The van der Waals surface area contributed by atoms with Crippen LogP contribution in [0.25, 0.3) is 111 Å². The van der Waals surface area contributed by atoms with Gasteiger partial charge in [0.1, 0.15) is 0 Å². The van der Waals surface area contributed by atoms with Gasteiger partial charge in [0.25, 0.3) is 0 Å². The molecule has 3 heterocycles. The van der Waals surface area contributed by atoms with Crippen LogP contribution in [-0.2, 0) is 0 Å². The minimum atomic E-state index is 0.945. The minimum Gasteiger partial charge on any atom is -0.309 e. The highest BCUT2D eigenvalue weighted by atomic mass is 15.0. The molecule has 3 heteroatoms. The van der Waals surface area contributed by atoms with Crippen LogP contribution in [-0.4, -0.2) is 14.1 Å². The van der Waals surface area contributed by atoms with Gasteiger partial charge in [-0.2, -0.15) is 0 Å². The lowest BCUT2D eigenvalue weighted by atomic mass is 9.97. The van der Waals surface area contributed by atoms with Gasteiger partial charge in [0, 0.05) is 43.7 Å². The van der Waals surface area contributed by atoms with Gasteiger partial charge in [0.05, 0.1) is 39.1 Å².